The molecule has 2 aromatic carbocycles. The number of rotatable bonds is 7. The van der Waals surface area contributed by atoms with Crippen molar-refractivity contribution < 1.29 is 23.9 Å². The van der Waals surface area contributed by atoms with E-state index in [0.717, 1.165) is 16.2 Å². The van der Waals surface area contributed by atoms with Gasteiger partial charge in [-0.05, 0) is 42.8 Å². The van der Waals surface area contributed by atoms with Crippen molar-refractivity contribution in [2.45, 2.75) is 13.8 Å². The molecule has 186 valence electrons. The van der Waals surface area contributed by atoms with Crippen LogP contribution in [0.15, 0.2) is 77.5 Å². The second-order valence-electron chi connectivity index (χ2n) is 8.22. The molecular weight excluding hydrogens is 472 g/mol. The molecule has 9 nitrogen and oxygen atoms in total. The van der Waals surface area contributed by atoms with Crippen molar-refractivity contribution in [1.29, 1.82) is 5.26 Å². The average molecular weight is 497 g/mol. The molecule has 1 aromatic heterocycles. The van der Waals surface area contributed by atoms with Crippen LogP contribution < -0.4 is 4.74 Å². The highest BCUT2D eigenvalue weighted by Crippen LogP contribution is 2.32. The average Bonchev–Trinajstić information content (AvgIpc) is 3.33. The summed E-state index contributed by atoms with van der Waals surface area (Å²) in [5.74, 6) is -1.19. The van der Waals surface area contributed by atoms with Gasteiger partial charge in [0.2, 0.25) is 0 Å². The summed E-state index contributed by atoms with van der Waals surface area (Å²) >= 11 is 0. The van der Waals surface area contributed by atoms with Crippen LogP contribution in [0.4, 0.5) is 0 Å². The summed E-state index contributed by atoms with van der Waals surface area (Å²) in [4.78, 5) is 38.3. The second-order valence-corrected chi connectivity index (χ2v) is 8.22. The van der Waals surface area contributed by atoms with E-state index in [9.17, 15) is 19.6 Å². The van der Waals surface area contributed by atoms with E-state index in [1.165, 1.54) is 6.92 Å². The van der Waals surface area contributed by atoms with E-state index in [4.69, 9.17) is 14.6 Å². The van der Waals surface area contributed by atoms with Gasteiger partial charge in [0.25, 0.3) is 11.8 Å². The van der Waals surface area contributed by atoms with Gasteiger partial charge < -0.3 is 9.47 Å². The highest BCUT2D eigenvalue weighted by Gasteiger charge is 2.35. The van der Waals surface area contributed by atoms with Crippen LogP contribution in [0.1, 0.15) is 19.4 Å². The summed E-state index contributed by atoms with van der Waals surface area (Å²) in [7, 11) is 1.57. The Bertz CT molecular complexity index is 1480. The van der Waals surface area contributed by atoms with Crippen LogP contribution in [-0.4, -0.2) is 52.7 Å². The number of hydrogen-bond donors (Lipinski definition) is 0. The molecule has 37 heavy (non-hydrogen) atoms. The van der Waals surface area contributed by atoms with E-state index in [2.05, 4.69) is 0 Å². The van der Waals surface area contributed by atoms with Gasteiger partial charge in [0.15, 0.2) is 0 Å². The zero-order valence-electron chi connectivity index (χ0n) is 20.6. The number of carbonyl (C=O) groups excluding carboxylic acids is 3. The number of nitriles is 1. The minimum Gasteiger partial charge on any atom is -0.497 e. The fourth-order valence-electron chi connectivity index (χ4n) is 3.97. The minimum absolute atomic E-state index is 0.146. The van der Waals surface area contributed by atoms with Gasteiger partial charge in [-0.25, -0.2) is 4.68 Å². The van der Waals surface area contributed by atoms with Gasteiger partial charge in [0, 0.05) is 29.8 Å². The van der Waals surface area contributed by atoms with Crippen LogP contribution in [0.25, 0.3) is 23.0 Å². The lowest BCUT2D eigenvalue weighted by molar-refractivity contribution is -0.147. The number of esters is 1. The van der Waals surface area contributed by atoms with Crippen LogP contribution in [0, 0.1) is 11.3 Å². The van der Waals surface area contributed by atoms with Crippen molar-refractivity contribution >= 4 is 23.9 Å². The molecule has 3 aromatic rings. The van der Waals surface area contributed by atoms with Crippen LogP contribution in [0.5, 0.6) is 5.75 Å². The lowest BCUT2D eigenvalue weighted by Gasteiger charge is -2.27. The fourth-order valence-corrected chi connectivity index (χ4v) is 3.97. The topological polar surface area (TPSA) is 115 Å². The molecule has 1 aliphatic heterocycles. The largest absolute Gasteiger partial charge is 0.497 e. The quantitative estimate of drug-likeness (QED) is 0.278. The molecule has 0 fully saturated rings. The molecule has 0 aliphatic carbocycles. The van der Waals surface area contributed by atoms with Gasteiger partial charge >= 0.3 is 5.97 Å². The van der Waals surface area contributed by atoms with Gasteiger partial charge in [-0.3, -0.25) is 19.3 Å². The predicted octanol–water partition coefficient (Wildman–Crippen LogP) is 3.70. The van der Waals surface area contributed by atoms with E-state index < -0.39 is 17.8 Å². The number of carbonyl (C=O) groups is 3. The first-order chi connectivity index (χ1) is 17.8. The van der Waals surface area contributed by atoms with Crippen molar-refractivity contribution in [1.82, 2.24) is 14.7 Å². The fraction of sp³-hybridized carbons (Fsp3) is 0.179. The third kappa shape index (κ3) is 5.18. The number of amides is 2. The Morgan fingerprint density at radius 3 is 2.54 bits per heavy atom. The van der Waals surface area contributed by atoms with Crippen LogP contribution >= 0.6 is 0 Å². The first-order valence-corrected chi connectivity index (χ1v) is 11.5. The lowest BCUT2D eigenvalue weighted by atomic mass is 9.93. The Kier molecular flexibility index (Phi) is 7.30. The molecule has 0 bridgehead atoms. The van der Waals surface area contributed by atoms with Gasteiger partial charge in [0.1, 0.15) is 29.7 Å². The molecule has 0 atom stereocenters. The number of aromatic nitrogens is 2. The van der Waals surface area contributed by atoms with Gasteiger partial charge in [-0.1, -0.05) is 30.3 Å². The van der Waals surface area contributed by atoms with E-state index in [1.54, 1.807) is 31.0 Å². The summed E-state index contributed by atoms with van der Waals surface area (Å²) in [6, 6.07) is 18.8. The molecule has 2 amide bonds. The minimum atomic E-state index is -0.720. The molecule has 4 rings (SSSR count). The number of benzene rings is 2. The van der Waals surface area contributed by atoms with Crippen molar-refractivity contribution in [3.8, 4) is 28.8 Å². The molecule has 0 N–H and O–H groups in total. The Morgan fingerprint density at radius 1 is 1.11 bits per heavy atom. The molecule has 0 saturated heterocycles. The summed E-state index contributed by atoms with van der Waals surface area (Å²) in [6.07, 6.45) is 3.41. The Balaban J connectivity index is 1.86. The highest BCUT2D eigenvalue weighted by molar-refractivity contribution is 6.19. The van der Waals surface area contributed by atoms with E-state index in [0.29, 0.717) is 17.0 Å². The number of para-hydroxylation sites is 1. The third-order valence-corrected chi connectivity index (χ3v) is 5.85. The monoisotopic (exact) mass is 496 g/mol. The molecule has 0 radical (unpaired) electrons. The summed E-state index contributed by atoms with van der Waals surface area (Å²) in [5.41, 5.74) is 3.06. The Hall–Kier alpha value is -4.97. The van der Waals surface area contributed by atoms with Crippen LogP contribution in [0.3, 0.4) is 0 Å². The predicted molar refractivity (Wildman–Crippen MR) is 135 cm³/mol. The molecule has 0 spiro atoms. The first-order valence-electron chi connectivity index (χ1n) is 11.5. The maximum Gasteiger partial charge on any atom is 0.302 e. The number of nitrogens with zero attached hydrogens (tertiary/aromatic N) is 4. The summed E-state index contributed by atoms with van der Waals surface area (Å²) < 4.78 is 12.0. The highest BCUT2D eigenvalue weighted by atomic mass is 16.5. The summed E-state index contributed by atoms with van der Waals surface area (Å²) in [5, 5.41) is 14.4. The lowest BCUT2D eigenvalue weighted by Crippen LogP contribution is -2.44. The van der Waals surface area contributed by atoms with Crippen LogP contribution in [-0.2, 0) is 19.1 Å². The zero-order chi connectivity index (χ0) is 26.5. The van der Waals surface area contributed by atoms with E-state index in [-0.39, 0.29) is 29.9 Å². The van der Waals surface area contributed by atoms with Crippen molar-refractivity contribution in [2.75, 3.05) is 20.3 Å². The maximum absolute atomic E-state index is 13.4. The zero-order valence-corrected chi connectivity index (χ0v) is 20.6. The number of methoxy groups -OCH3 is 1. The van der Waals surface area contributed by atoms with Gasteiger partial charge in [-0.15, -0.1) is 0 Å². The SMILES string of the molecule is COc1cccc(-c2nn(-c3ccccc3)cc2/C=C2/C(=O)N(CCOC(C)=O)C(=O)C(C#N)=C2C)c1. The molecule has 2 heterocycles. The van der Waals surface area contributed by atoms with E-state index >= 15 is 0 Å². The smallest absolute Gasteiger partial charge is 0.302 e. The molecule has 0 unspecified atom stereocenters. The standard InChI is InChI=1S/C28H24N4O5/c1-18-24(27(34)31(12-13-37-19(2)33)28(35)25(18)16-29)15-21-17-32(22-9-5-4-6-10-22)30-26(21)20-8-7-11-23(14-20)36-3/h4-11,14-15,17H,12-13H2,1-3H3/b24-15+. The Morgan fingerprint density at radius 2 is 1.86 bits per heavy atom. The number of hydrogen-bond acceptors (Lipinski definition) is 7. The van der Waals surface area contributed by atoms with Crippen molar-refractivity contribution in [3.63, 3.8) is 0 Å². The molecule has 1 aliphatic rings. The normalized spacial score (nSPS) is 14.6. The molecule has 9 heteroatoms. The number of imide groups is 1. The van der Waals surface area contributed by atoms with Gasteiger partial charge in [-0.2, -0.15) is 10.4 Å². The van der Waals surface area contributed by atoms with Crippen molar-refractivity contribution in [2.24, 2.45) is 0 Å². The van der Waals surface area contributed by atoms with E-state index in [1.807, 2.05) is 60.7 Å². The maximum atomic E-state index is 13.4. The third-order valence-electron chi connectivity index (χ3n) is 5.85. The Labute approximate surface area is 213 Å². The molecular formula is C28H24N4O5. The molecule has 0 saturated carbocycles. The number of ether oxygens (including phenoxy) is 2. The van der Waals surface area contributed by atoms with Crippen LogP contribution in [0.2, 0.25) is 0 Å². The van der Waals surface area contributed by atoms with Crippen molar-refractivity contribution in [3.05, 3.63) is 83.1 Å². The van der Waals surface area contributed by atoms with Gasteiger partial charge in [0.05, 0.1) is 19.3 Å². The first kappa shape index (κ1) is 25.1. The summed E-state index contributed by atoms with van der Waals surface area (Å²) in [6.45, 7) is 2.47. The second kappa shape index (κ2) is 10.7.